The highest BCUT2D eigenvalue weighted by atomic mass is 19.1. The standard InChI is InChI=1S/C12H17FN2O2/c1-7(14)5-8(2)15-12(17)10-6-9(13)3-4-11(10)16/h3-4,6-8,16H,5,14H2,1-2H3,(H,15,17). The number of carbonyl (C=O) groups excluding carboxylic acids is 1. The summed E-state index contributed by atoms with van der Waals surface area (Å²) in [6.45, 7) is 3.64. The molecule has 0 spiro atoms. The van der Waals surface area contributed by atoms with Gasteiger partial charge in [-0.2, -0.15) is 0 Å². The summed E-state index contributed by atoms with van der Waals surface area (Å²) in [5.74, 6) is -1.31. The maximum absolute atomic E-state index is 12.9. The van der Waals surface area contributed by atoms with Gasteiger partial charge in [0.05, 0.1) is 5.56 Å². The molecule has 0 heterocycles. The number of halogens is 1. The minimum atomic E-state index is -0.562. The first-order valence-corrected chi connectivity index (χ1v) is 5.45. The average Bonchev–Trinajstić information content (AvgIpc) is 2.20. The zero-order valence-electron chi connectivity index (χ0n) is 9.90. The van der Waals surface area contributed by atoms with Gasteiger partial charge in [-0.25, -0.2) is 4.39 Å². The molecule has 0 aliphatic rings. The lowest BCUT2D eigenvalue weighted by molar-refractivity contribution is 0.0934. The second-order valence-electron chi connectivity index (χ2n) is 4.25. The fourth-order valence-electron chi connectivity index (χ4n) is 1.61. The topological polar surface area (TPSA) is 75.3 Å². The summed E-state index contributed by atoms with van der Waals surface area (Å²) in [4.78, 5) is 11.7. The Bertz CT molecular complexity index is 407. The van der Waals surface area contributed by atoms with Crippen LogP contribution in [0.1, 0.15) is 30.6 Å². The molecule has 1 amide bonds. The van der Waals surface area contributed by atoms with E-state index in [2.05, 4.69) is 5.32 Å². The van der Waals surface area contributed by atoms with Crippen molar-refractivity contribution in [2.45, 2.75) is 32.4 Å². The van der Waals surface area contributed by atoms with Crippen molar-refractivity contribution in [3.8, 4) is 5.75 Å². The molecule has 0 saturated heterocycles. The van der Waals surface area contributed by atoms with Gasteiger partial charge < -0.3 is 16.2 Å². The molecular formula is C12H17FN2O2. The molecule has 1 aromatic rings. The molecule has 0 bridgehead atoms. The fourth-order valence-corrected chi connectivity index (χ4v) is 1.61. The molecular weight excluding hydrogens is 223 g/mol. The summed E-state index contributed by atoms with van der Waals surface area (Å²) in [5.41, 5.74) is 5.53. The first-order valence-electron chi connectivity index (χ1n) is 5.45. The molecule has 4 N–H and O–H groups in total. The molecule has 0 aromatic heterocycles. The molecule has 0 aliphatic carbocycles. The van der Waals surface area contributed by atoms with Gasteiger partial charge in [-0.15, -0.1) is 0 Å². The van der Waals surface area contributed by atoms with Crippen LogP contribution in [0.5, 0.6) is 5.75 Å². The fraction of sp³-hybridized carbons (Fsp3) is 0.417. The summed E-state index contributed by atoms with van der Waals surface area (Å²) in [6.07, 6.45) is 0.613. The highest BCUT2D eigenvalue weighted by Gasteiger charge is 2.15. The largest absolute Gasteiger partial charge is 0.507 e. The van der Waals surface area contributed by atoms with E-state index in [-0.39, 0.29) is 23.4 Å². The lowest BCUT2D eigenvalue weighted by Crippen LogP contribution is -2.36. The van der Waals surface area contributed by atoms with Crippen LogP contribution in [-0.2, 0) is 0 Å². The van der Waals surface area contributed by atoms with Crippen molar-refractivity contribution < 1.29 is 14.3 Å². The second-order valence-corrected chi connectivity index (χ2v) is 4.25. The van der Waals surface area contributed by atoms with Crippen molar-refractivity contribution in [3.05, 3.63) is 29.6 Å². The van der Waals surface area contributed by atoms with Crippen molar-refractivity contribution in [2.75, 3.05) is 0 Å². The molecule has 1 aromatic carbocycles. The number of nitrogens with two attached hydrogens (primary N) is 1. The Morgan fingerprint density at radius 1 is 1.53 bits per heavy atom. The maximum atomic E-state index is 12.9. The third kappa shape index (κ3) is 4.03. The molecule has 1 rings (SSSR count). The third-order valence-electron chi connectivity index (χ3n) is 2.31. The number of amides is 1. The smallest absolute Gasteiger partial charge is 0.255 e. The Hall–Kier alpha value is -1.62. The van der Waals surface area contributed by atoms with Gasteiger partial charge in [-0.05, 0) is 38.5 Å². The van der Waals surface area contributed by atoms with E-state index >= 15 is 0 Å². The van der Waals surface area contributed by atoms with Gasteiger partial charge in [0.2, 0.25) is 0 Å². The SMILES string of the molecule is CC(N)CC(C)NC(=O)c1cc(F)ccc1O. The summed E-state index contributed by atoms with van der Waals surface area (Å²) < 4.78 is 12.9. The monoisotopic (exact) mass is 240 g/mol. The molecule has 2 unspecified atom stereocenters. The minimum Gasteiger partial charge on any atom is -0.507 e. The van der Waals surface area contributed by atoms with Crippen LogP contribution in [0.3, 0.4) is 0 Å². The van der Waals surface area contributed by atoms with E-state index in [9.17, 15) is 14.3 Å². The number of rotatable bonds is 4. The molecule has 0 radical (unpaired) electrons. The minimum absolute atomic E-state index is 0.0357. The number of phenols is 1. The van der Waals surface area contributed by atoms with E-state index < -0.39 is 11.7 Å². The Balaban J connectivity index is 2.73. The van der Waals surface area contributed by atoms with Crippen molar-refractivity contribution in [1.29, 1.82) is 0 Å². The first-order chi connectivity index (χ1) is 7.90. The molecule has 5 heteroatoms. The predicted octanol–water partition coefficient (Wildman–Crippen LogP) is 1.39. The van der Waals surface area contributed by atoms with E-state index in [0.717, 1.165) is 18.2 Å². The number of carbonyl (C=O) groups is 1. The van der Waals surface area contributed by atoms with Gasteiger partial charge >= 0.3 is 0 Å². The van der Waals surface area contributed by atoms with Crippen LogP contribution in [0.25, 0.3) is 0 Å². The Morgan fingerprint density at radius 2 is 2.18 bits per heavy atom. The van der Waals surface area contributed by atoms with Crippen LogP contribution < -0.4 is 11.1 Å². The molecule has 0 aliphatic heterocycles. The van der Waals surface area contributed by atoms with Crippen molar-refractivity contribution in [1.82, 2.24) is 5.32 Å². The number of nitrogens with one attached hydrogen (secondary N) is 1. The number of hydrogen-bond acceptors (Lipinski definition) is 3. The molecule has 0 saturated carbocycles. The van der Waals surface area contributed by atoms with E-state index in [1.807, 2.05) is 6.92 Å². The summed E-state index contributed by atoms with van der Waals surface area (Å²) in [6, 6.07) is 3.08. The van der Waals surface area contributed by atoms with E-state index in [4.69, 9.17) is 5.73 Å². The molecule has 2 atom stereocenters. The molecule has 4 nitrogen and oxygen atoms in total. The second kappa shape index (κ2) is 5.63. The molecule has 94 valence electrons. The van der Waals surface area contributed by atoms with Gasteiger partial charge in [0.15, 0.2) is 0 Å². The number of phenolic OH excluding ortho intramolecular Hbond substituents is 1. The van der Waals surface area contributed by atoms with Crippen molar-refractivity contribution in [2.24, 2.45) is 5.73 Å². The zero-order valence-corrected chi connectivity index (χ0v) is 9.90. The van der Waals surface area contributed by atoms with E-state index in [1.54, 1.807) is 6.92 Å². The van der Waals surface area contributed by atoms with Crippen LogP contribution in [0.15, 0.2) is 18.2 Å². The summed E-state index contributed by atoms with van der Waals surface area (Å²) >= 11 is 0. The van der Waals surface area contributed by atoms with Gasteiger partial charge in [0.1, 0.15) is 11.6 Å². The van der Waals surface area contributed by atoms with E-state index in [0.29, 0.717) is 6.42 Å². The number of hydrogen-bond donors (Lipinski definition) is 3. The average molecular weight is 240 g/mol. The highest BCUT2D eigenvalue weighted by molar-refractivity contribution is 5.96. The lowest BCUT2D eigenvalue weighted by atomic mass is 10.1. The normalized spacial score (nSPS) is 14.1. The van der Waals surface area contributed by atoms with Gasteiger partial charge in [-0.1, -0.05) is 0 Å². The Labute approximate surface area is 99.6 Å². The van der Waals surface area contributed by atoms with Crippen molar-refractivity contribution in [3.63, 3.8) is 0 Å². The molecule has 0 fully saturated rings. The third-order valence-corrected chi connectivity index (χ3v) is 2.31. The predicted molar refractivity (Wildman–Crippen MR) is 63.3 cm³/mol. The zero-order chi connectivity index (χ0) is 13.0. The number of aromatic hydroxyl groups is 1. The highest BCUT2D eigenvalue weighted by Crippen LogP contribution is 2.17. The number of benzene rings is 1. The summed E-state index contributed by atoms with van der Waals surface area (Å²) in [7, 11) is 0. The quantitative estimate of drug-likeness (QED) is 0.744. The van der Waals surface area contributed by atoms with Gasteiger partial charge in [0, 0.05) is 12.1 Å². The van der Waals surface area contributed by atoms with Gasteiger partial charge in [0.25, 0.3) is 5.91 Å². The van der Waals surface area contributed by atoms with Crippen molar-refractivity contribution >= 4 is 5.91 Å². The maximum Gasteiger partial charge on any atom is 0.255 e. The van der Waals surface area contributed by atoms with Crippen LogP contribution in [0.4, 0.5) is 4.39 Å². The molecule has 17 heavy (non-hydrogen) atoms. The summed E-state index contributed by atoms with van der Waals surface area (Å²) in [5, 5.41) is 12.1. The Morgan fingerprint density at radius 3 is 2.76 bits per heavy atom. The Kier molecular flexibility index (Phi) is 4.45. The van der Waals surface area contributed by atoms with Crippen LogP contribution in [0.2, 0.25) is 0 Å². The first kappa shape index (κ1) is 13.4. The van der Waals surface area contributed by atoms with Crippen LogP contribution in [-0.4, -0.2) is 23.1 Å². The van der Waals surface area contributed by atoms with Gasteiger partial charge in [-0.3, -0.25) is 4.79 Å². The lowest BCUT2D eigenvalue weighted by Gasteiger charge is -2.16. The van der Waals surface area contributed by atoms with E-state index in [1.165, 1.54) is 0 Å². The van der Waals surface area contributed by atoms with Crippen LogP contribution >= 0.6 is 0 Å². The van der Waals surface area contributed by atoms with Crippen LogP contribution in [0, 0.1) is 5.82 Å².